The second-order valence-electron chi connectivity index (χ2n) is 10.5. The third kappa shape index (κ3) is 27.9. The summed E-state index contributed by atoms with van der Waals surface area (Å²) in [6.45, 7) is 5.74. The fraction of sp³-hybridized carbons (Fsp3) is 1.00. The van der Waals surface area contributed by atoms with E-state index in [9.17, 15) is 0 Å². The molecule has 0 saturated heterocycles. The number of ether oxygens (including phenoxy) is 1. The highest BCUT2D eigenvalue weighted by Crippen LogP contribution is 2.19. The SMILES string of the molecule is CCCCCCCCCCC(C)CCCCCCCCCCCCCCCCCOC. The van der Waals surface area contributed by atoms with E-state index in [4.69, 9.17) is 4.74 Å². The molecule has 0 aliphatic heterocycles. The normalized spacial score (nSPS) is 12.5. The molecule has 0 fully saturated rings. The minimum absolute atomic E-state index is 0.943. The Morgan fingerprint density at radius 1 is 0.419 bits per heavy atom. The van der Waals surface area contributed by atoms with Crippen molar-refractivity contribution in [2.45, 2.75) is 174 Å². The molecule has 0 aromatic carbocycles. The summed E-state index contributed by atoms with van der Waals surface area (Å²) in [5.74, 6) is 0.963. The van der Waals surface area contributed by atoms with Gasteiger partial charge in [0.05, 0.1) is 0 Å². The van der Waals surface area contributed by atoms with Gasteiger partial charge in [-0.25, -0.2) is 0 Å². The van der Waals surface area contributed by atoms with Gasteiger partial charge >= 0.3 is 0 Å². The number of hydrogen-bond acceptors (Lipinski definition) is 1. The van der Waals surface area contributed by atoms with Crippen LogP contribution < -0.4 is 0 Å². The van der Waals surface area contributed by atoms with E-state index in [0.717, 1.165) is 12.5 Å². The Morgan fingerprint density at radius 3 is 1.03 bits per heavy atom. The zero-order valence-electron chi connectivity index (χ0n) is 22.4. The Labute approximate surface area is 198 Å². The van der Waals surface area contributed by atoms with Gasteiger partial charge < -0.3 is 4.74 Å². The van der Waals surface area contributed by atoms with Crippen molar-refractivity contribution in [3.8, 4) is 0 Å². The predicted octanol–water partition coefficient (Wildman–Crippen LogP) is 11.0. The molecule has 31 heavy (non-hydrogen) atoms. The highest BCUT2D eigenvalue weighted by molar-refractivity contribution is 4.56. The molecule has 0 aliphatic rings. The van der Waals surface area contributed by atoms with Crippen molar-refractivity contribution in [3.05, 3.63) is 0 Å². The van der Waals surface area contributed by atoms with Gasteiger partial charge in [0.2, 0.25) is 0 Å². The highest BCUT2D eigenvalue weighted by atomic mass is 16.5. The van der Waals surface area contributed by atoms with Gasteiger partial charge in [-0.3, -0.25) is 0 Å². The van der Waals surface area contributed by atoms with Crippen LogP contribution in [0.4, 0.5) is 0 Å². The van der Waals surface area contributed by atoms with Gasteiger partial charge in [-0.05, 0) is 12.3 Å². The van der Waals surface area contributed by atoms with Gasteiger partial charge in [0, 0.05) is 13.7 Å². The third-order valence-corrected chi connectivity index (χ3v) is 7.10. The van der Waals surface area contributed by atoms with Crippen molar-refractivity contribution in [2.75, 3.05) is 13.7 Å². The molecule has 0 bridgehead atoms. The van der Waals surface area contributed by atoms with Crippen LogP contribution in [0.25, 0.3) is 0 Å². The Morgan fingerprint density at radius 2 is 0.710 bits per heavy atom. The van der Waals surface area contributed by atoms with Crippen LogP contribution in [0.3, 0.4) is 0 Å². The molecule has 1 heteroatoms. The Balaban J connectivity index is 3.11. The summed E-state index contributed by atoms with van der Waals surface area (Å²) >= 11 is 0. The average Bonchev–Trinajstić information content (AvgIpc) is 2.77. The maximum absolute atomic E-state index is 5.10. The van der Waals surface area contributed by atoms with Crippen molar-refractivity contribution in [1.82, 2.24) is 0 Å². The fourth-order valence-corrected chi connectivity index (χ4v) is 4.81. The Kier molecular flexibility index (Phi) is 28.0. The maximum atomic E-state index is 5.10. The predicted molar refractivity (Wildman–Crippen MR) is 142 cm³/mol. The lowest BCUT2D eigenvalue weighted by Gasteiger charge is -2.11. The van der Waals surface area contributed by atoms with Gasteiger partial charge in [0.1, 0.15) is 0 Å². The van der Waals surface area contributed by atoms with E-state index < -0.39 is 0 Å². The van der Waals surface area contributed by atoms with Gasteiger partial charge in [-0.1, -0.05) is 168 Å². The molecule has 0 saturated carbocycles. The van der Waals surface area contributed by atoms with E-state index in [1.807, 2.05) is 0 Å². The van der Waals surface area contributed by atoms with Gasteiger partial charge in [0.25, 0.3) is 0 Å². The Hall–Kier alpha value is -0.0400. The first-order valence-electron chi connectivity index (χ1n) is 14.8. The summed E-state index contributed by atoms with van der Waals surface area (Å²) in [4.78, 5) is 0. The monoisotopic (exact) mass is 438 g/mol. The zero-order chi connectivity index (χ0) is 22.7. The number of rotatable bonds is 27. The molecule has 0 aromatic rings. The zero-order valence-corrected chi connectivity index (χ0v) is 22.4. The van der Waals surface area contributed by atoms with Crippen LogP contribution in [0.15, 0.2) is 0 Å². The first-order valence-corrected chi connectivity index (χ1v) is 14.8. The van der Waals surface area contributed by atoms with E-state index in [-0.39, 0.29) is 0 Å². The summed E-state index contributed by atoms with van der Waals surface area (Å²) in [5.41, 5.74) is 0. The highest BCUT2D eigenvalue weighted by Gasteiger charge is 2.02. The molecule has 0 amide bonds. The van der Waals surface area contributed by atoms with E-state index in [1.54, 1.807) is 7.11 Å². The molecule has 0 N–H and O–H groups in total. The summed E-state index contributed by atoms with van der Waals surface area (Å²) in [5, 5.41) is 0. The third-order valence-electron chi connectivity index (χ3n) is 7.10. The molecule has 1 nitrogen and oxygen atoms in total. The summed E-state index contributed by atoms with van der Waals surface area (Å²) in [6, 6.07) is 0. The second-order valence-corrected chi connectivity index (χ2v) is 10.5. The Bertz CT molecular complexity index is 301. The van der Waals surface area contributed by atoms with Crippen LogP contribution in [-0.2, 0) is 4.74 Å². The second kappa shape index (κ2) is 28.0. The smallest absolute Gasteiger partial charge is 0.0462 e. The molecule has 0 rings (SSSR count). The number of hydrogen-bond donors (Lipinski definition) is 0. The van der Waals surface area contributed by atoms with Crippen LogP contribution in [0.5, 0.6) is 0 Å². The van der Waals surface area contributed by atoms with E-state index in [1.165, 1.54) is 161 Å². The summed E-state index contributed by atoms with van der Waals surface area (Å²) in [6.07, 6.45) is 36.2. The number of methoxy groups -OCH3 is 1. The fourth-order valence-electron chi connectivity index (χ4n) is 4.81. The first kappa shape index (κ1) is 31.0. The van der Waals surface area contributed by atoms with Gasteiger partial charge in [0.15, 0.2) is 0 Å². The van der Waals surface area contributed by atoms with Gasteiger partial charge in [-0.2, -0.15) is 0 Å². The van der Waals surface area contributed by atoms with Gasteiger partial charge in [-0.15, -0.1) is 0 Å². The molecule has 0 aromatic heterocycles. The minimum Gasteiger partial charge on any atom is -0.385 e. The molecular formula is C30H62O. The molecule has 0 radical (unpaired) electrons. The van der Waals surface area contributed by atoms with Crippen molar-refractivity contribution in [1.29, 1.82) is 0 Å². The first-order chi connectivity index (χ1) is 15.3. The standard InChI is InChI=1S/C30H62O/c1-4-5-6-7-8-18-21-24-27-30(2)28-25-22-19-16-14-12-10-9-11-13-15-17-20-23-26-29-31-3/h30H,4-29H2,1-3H3. The molecule has 188 valence electrons. The molecular weight excluding hydrogens is 376 g/mol. The van der Waals surface area contributed by atoms with Crippen LogP contribution in [0, 0.1) is 5.92 Å². The molecule has 0 spiro atoms. The number of unbranched alkanes of at least 4 members (excludes halogenated alkanes) is 21. The van der Waals surface area contributed by atoms with Crippen molar-refractivity contribution < 1.29 is 4.74 Å². The van der Waals surface area contributed by atoms with E-state index in [0.29, 0.717) is 0 Å². The topological polar surface area (TPSA) is 9.23 Å². The largest absolute Gasteiger partial charge is 0.385 e. The molecule has 1 atom stereocenters. The summed E-state index contributed by atoms with van der Waals surface area (Å²) in [7, 11) is 1.81. The van der Waals surface area contributed by atoms with E-state index in [2.05, 4.69) is 13.8 Å². The molecule has 0 aliphatic carbocycles. The summed E-state index contributed by atoms with van der Waals surface area (Å²) < 4.78 is 5.10. The lowest BCUT2D eigenvalue weighted by molar-refractivity contribution is 0.192. The maximum Gasteiger partial charge on any atom is 0.0462 e. The van der Waals surface area contributed by atoms with Crippen molar-refractivity contribution in [2.24, 2.45) is 5.92 Å². The van der Waals surface area contributed by atoms with Crippen LogP contribution in [-0.4, -0.2) is 13.7 Å². The van der Waals surface area contributed by atoms with Crippen molar-refractivity contribution in [3.63, 3.8) is 0 Å². The lowest BCUT2D eigenvalue weighted by atomic mass is 9.95. The van der Waals surface area contributed by atoms with Crippen LogP contribution in [0.1, 0.15) is 174 Å². The van der Waals surface area contributed by atoms with Crippen LogP contribution >= 0.6 is 0 Å². The minimum atomic E-state index is 0.943. The quantitative estimate of drug-likeness (QED) is 0.116. The van der Waals surface area contributed by atoms with Crippen LogP contribution in [0.2, 0.25) is 0 Å². The average molecular weight is 439 g/mol. The molecule has 0 heterocycles. The van der Waals surface area contributed by atoms with Crippen molar-refractivity contribution >= 4 is 0 Å². The van der Waals surface area contributed by atoms with E-state index >= 15 is 0 Å². The molecule has 1 unspecified atom stereocenters. The lowest BCUT2D eigenvalue weighted by Crippen LogP contribution is -1.95.